The monoisotopic (exact) mass is 465 g/mol. The zero-order valence-corrected chi connectivity index (χ0v) is 23.2. The van der Waals surface area contributed by atoms with E-state index in [4.69, 9.17) is 0 Å². The third-order valence-corrected chi connectivity index (χ3v) is 3.62. The molecular weight excluding hydrogens is 427 g/mol. The van der Waals surface area contributed by atoms with Crippen LogP contribution < -0.4 is 0 Å². The Morgan fingerprint density at radius 3 is 1.59 bits per heavy atom. The van der Waals surface area contributed by atoms with Crippen molar-refractivity contribution in [2.45, 2.75) is 80.8 Å². The van der Waals surface area contributed by atoms with E-state index in [1.54, 1.807) is 6.07 Å². The maximum atomic E-state index is 9.36. The predicted molar refractivity (Wildman–Crippen MR) is 126 cm³/mol. The Hall–Kier alpha value is 0.0112. The number of allylic oxidation sites excluding steroid dienone is 4. The van der Waals surface area contributed by atoms with Gasteiger partial charge in [0.25, 0.3) is 0 Å². The molecule has 0 heterocycles. The first kappa shape index (κ1) is 37.7. The molecule has 0 atom stereocenters. The van der Waals surface area contributed by atoms with Gasteiger partial charge in [0.15, 0.2) is 0 Å². The molecule has 0 saturated carbocycles. The minimum atomic E-state index is 0. The Labute approximate surface area is 199 Å². The van der Waals surface area contributed by atoms with E-state index in [2.05, 4.69) is 73.7 Å². The van der Waals surface area contributed by atoms with E-state index in [1.165, 1.54) is 22.3 Å². The normalized spacial score (nSPS) is 9.67. The van der Waals surface area contributed by atoms with Gasteiger partial charge in [-0.1, -0.05) is 60.7 Å². The van der Waals surface area contributed by atoms with E-state index in [0.29, 0.717) is 5.75 Å². The Kier molecular flexibility index (Phi) is 27.0. The molecule has 0 aliphatic rings. The van der Waals surface area contributed by atoms with Crippen LogP contribution in [0.1, 0.15) is 66.5 Å². The third kappa shape index (κ3) is 19.1. The largest absolute Gasteiger partial charge is 0.508 e. The van der Waals surface area contributed by atoms with Crippen LogP contribution in [0.3, 0.4) is 0 Å². The van der Waals surface area contributed by atoms with Crippen molar-refractivity contribution in [3.8, 4) is 5.75 Å². The molecule has 27 heavy (non-hydrogen) atoms. The van der Waals surface area contributed by atoms with Crippen molar-refractivity contribution in [2.24, 2.45) is 0 Å². The van der Waals surface area contributed by atoms with Gasteiger partial charge >= 0.3 is 0 Å². The summed E-state index contributed by atoms with van der Waals surface area (Å²) >= 11 is 0. The van der Waals surface area contributed by atoms with Crippen LogP contribution in [-0.4, -0.2) is 14.6 Å². The summed E-state index contributed by atoms with van der Waals surface area (Å²) in [7, 11) is 1.08. The first-order chi connectivity index (χ1) is 10.9. The standard InChI is InChI=1S/C11H16O.C9H15.C2H6Si.2ClH.Ti/c1-8-5-9(11(2,3)4)7-10(12)6-8;1-6-8(4)9(5)7(2)3;1-3-2;;;/h5-7,12H,1-4H3;1-5H3;1-2H3;2*1H;/q;-1;;;;. The van der Waals surface area contributed by atoms with Crippen molar-refractivity contribution in [2.75, 3.05) is 0 Å². The van der Waals surface area contributed by atoms with Crippen molar-refractivity contribution in [1.29, 1.82) is 0 Å². The molecule has 1 nitrogen and oxygen atoms in total. The Morgan fingerprint density at radius 2 is 1.37 bits per heavy atom. The molecule has 156 valence electrons. The van der Waals surface area contributed by atoms with Crippen molar-refractivity contribution in [1.82, 2.24) is 0 Å². The summed E-state index contributed by atoms with van der Waals surface area (Å²) in [6.07, 6.45) is 3.10. The maximum Gasteiger partial charge on any atom is 0.116 e. The minimum absolute atomic E-state index is 0. The molecule has 0 bridgehead atoms. The van der Waals surface area contributed by atoms with Crippen LogP contribution in [0.4, 0.5) is 0 Å². The van der Waals surface area contributed by atoms with Crippen LogP contribution in [0.25, 0.3) is 0 Å². The van der Waals surface area contributed by atoms with Gasteiger partial charge in [-0.25, -0.2) is 5.57 Å². The fourth-order valence-electron chi connectivity index (χ4n) is 1.76. The molecule has 1 rings (SSSR count). The van der Waals surface area contributed by atoms with Gasteiger partial charge < -0.3 is 5.11 Å². The molecule has 0 spiro atoms. The molecule has 0 saturated heterocycles. The number of halogens is 2. The molecular formula is C22H39Cl2OSiTi-. The molecule has 1 aromatic rings. The van der Waals surface area contributed by atoms with Gasteiger partial charge in [-0.2, -0.15) is 11.1 Å². The second-order valence-corrected chi connectivity index (χ2v) is 8.31. The summed E-state index contributed by atoms with van der Waals surface area (Å²) in [6.45, 7) is 23.1. The van der Waals surface area contributed by atoms with Gasteiger partial charge in [-0.05, 0) is 35.6 Å². The molecule has 0 aromatic heterocycles. The fraction of sp³-hybridized carbons (Fsp3) is 0.545. The Balaban J connectivity index is -0.0000000974. The van der Waals surface area contributed by atoms with Crippen LogP contribution in [-0.2, 0) is 27.1 Å². The van der Waals surface area contributed by atoms with Gasteiger partial charge in [0.05, 0.1) is 0 Å². The number of hydrogen-bond donors (Lipinski definition) is 1. The molecule has 0 fully saturated rings. The van der Waals surface area contributed by atoms with E-state index in [0.717, 1.165) is 15.1 Å². The van der Waals surface area contributed by atoms with Gasteiger partial charge in [-0.3, -0.25) is 6.08 Å². The average molecular weight is 466 g/mol. The van der Waals surface area contributed by atoms with E-state index in [-0.39, 0.29) is 51.9 Å². The number of rotatable bonds is 1. The van der Waals surface area contributed by atoms with Crippen molar-refractivity contribution < 1.29 is 26.8 Å². The van der Waals surface area contributed by atoms with E-state index in [9.17, 15) is 5.11 Å². The summed E-state index contributed by atoms with van der Waals surface area (Å²) < 4.78 is 0. The van der Waals surface area contributed by atoms with Gasteiger partial charge in [0.1, 0.15) is 5.75 Å². The Bertz CT molecular complexity index is 538. The van der Waals surface area contributed by atoms with Crippen molar-refractivity contribution >= 4 is 34.3 Å². The topological polar surface area (TPSA) is 20.2 Å². The molecule has 0 amide bonds. The van der Waals surface area contributed by atoms with Crippen LogP contribution in [0.2, 0.25) is 13.1 Å². The summed E-state index contributed by atoms with van der Waals surface area (Å²) in [6, 6.07) is 5.71. The van der Waals surface area contributed by atoms with E-state index < -0.39 is 0 Å². The van der Waals surface area contributed by atoms with Gasteiger partial charge in [-0.15, -0.1) is 38.7 Å². The molecule has 0 aliphatic heterocycles. The first-order valence-corrected chi connectivity index (χ1v) is 10.5. The second kappa shape index (κ2) is 19.3. The number of benzene rings is 1. The molecule has 0 unspecified atom stereocenters. The van der Waals surface area contributed by atoms with Crippen LogP contribution in [0.5, 0.6) is 5.75 Å². The number of aryl methyl sites for hydroxylation is 1. The average Bonchev–Trinajstić information content (AvgIpc) is 2.45. The number of phenolic OH excluding ortho intramolecular Hbond substituents is 1. The summed E-state index contributed by atoms with van der Waals surface area (Å²) in [5.41, 5.74) is 6.40. The summed E-state index contributed by atoms with van der Waals surface area (Å²) in [5, 5.41) is 9.36. The molecule has 1 N–H and O–H groups in total. The Morgan fingerprint density at radius 1 is 0.963 bits per heavy atom. The molecule has 5 heteroatoms. The number of hydrogen-bond acceptors (Lipinski definition) is 1. The number of phenols is 1. The maximum absolute atomic E-state index is 9.36. The molecule has 1 aromatic carbocycles. The van der Waals surface area contributed by atoms with Crippen LogP contribution in [0.15, 0.2) is 34.9 Å². The van der Waals surface area contributed by atoms with E-state index >= 15 is 0 Å². The van der Waals surface area contributed by atoms with Gasteiger partial charge in [0, 0.05) is 31.2 Å². The second-order valence-electron chi connectivity index (χ2n) is 7.31. The third-order valence-electron chi connectivity index (χ3n) is 3.62. The summed E-state index contributed by atoms with van der Waals surface area (Å²) in [5.74, 6) is 0.361. The smallest absolute Gasteiger partial charge is 0.116 e. The SMILES string of the molecule is C[C-]=C(C)C(C)=C(C)C.C[Si]C.Cc1cc(O)cc(C(C)(C)C)c1.Cl.Cl.[Ti]. The first-order valence-electron chi connectivity index (χ1n) is 8.46. The summed E-state index contributed by atoms with van der Waals surface area (Å²) in [4.78, 5) is 0. The van der Waals surface area contributed by atoms with E-state index in [1.807, 2.05) is 19.9 Å². The quantitative estimate of drug-likeness (QED) is 0.255. The minimum Gasteiger partial charge on any atom is -0.508 e. The zero-order valence-electron chi connectivity index (χ0n) is 19.0. The number of aromatic hydroxyl groups is 1. The predicted octanol–water partition coefficient (Wildman–Crippen LogP) is 7.74. The fourth-order valence-corrected chi connectivity index (χ4v) is 1.76. The van der Waals surface area contributed by atoms with Crippen LogP contribution >= 0.6 is 24.8 Å². The van der Waals surface area contributed by atoms with Crippen molar-refractivity contribution in [3.05, 3.63) is 52.1 Å². The molecule has 0 aliphatic carbocycles. The van der Waals surface area contributed by atoms with Crippen molar-refractivity contribution in [3.63, 3.8) is 0 Å². The van der Waals surface area contributed by atoms with Gasteiger partial charge in [0.2, 0.25) is 0 Å². The molecule has 2 radical (unpaired) electrons. The van der Waals surface area contributed by atoms with Crippen LogP contribution in [0, 0.1) is 13.0 Å². The zero-order chi connectivity index (χ0) is 19.5.